The fourth-order valence-corrected chi connectivity index (χ4v) is 2.44. The van der Waals surface area contributed by atoms with E-state index in [1.807, 2.05) is 37.9 Å². The Morgan fingerprint density at radius 1 is 1.33 bits per heavy atom. The van der Waals surface area contributed by atoms with Crippen LogP contribution in [0.1, 0.15) is 22.5 Å². The first-order valence-corrected chi connectivity index (χ1v) is 6.66. The van der Waals surface area contributed by atoms with Gasteiger partial charge in [-0.2, -0.15) is 0 Å². The first kappa shape index (κ1) is 15.0. The summed E-state index contributed by atoms with van der Waals surface area (Å²) in [5.74, 6) is -0.268. The summed E-state index contributed by atoms with van der Waals surface area (Å²) >= 11 is 0. The number of nitrogens with one attached hydrogen (secondary N) is 1. The van der Waals surface area contributed by atoms with Gasteiger partial charge in [-0.1, -0.05) is 12.1 Å². The van der Waals surface area contributed by atoms with E-state index in [4.69, 9.17) is 11.1 Å². The van der Waals surface area contributed by atoms with E-state index in [1.165, 1.54) is 12.1 Å². The minimum absolute atomic E-state index is 0.0129. The first-order valence-electron chi connectivity index (χ1n) is 6.66. The number of hydrogen-bond acceptors (Lipinski definition) is 3. The van der Waals surface area contributed by atoms with Gasteiger partial charge in [-0.05, 0) is 37.6 Å². The van der Waals surface area contributed by atoms with Crippen LogP contribution in [0.15, 0.2) is 30.3 Å². The maximum absolute atomic E-state index is 13.3. The molecule has 1 aromatic heterocycles. The number of aromatic nitrogens is 1. The Labute approximate surface area is 123 Å². The summed E-state index contributed by atoms with van der Waals surface area (Å²) in [4.78, 5) is 6.30. The molecule has 21 heavy (non-hydrogen) atoms. The number of nitrogens with zero attached hydrogens (tertiary/aromatic N) is 2. The van der Waals surface area contributed by atoms with E-state index in [9.17, 15) is 4.39 Å². The average molecular weight is 286 g/mol. The molecule has 0 spiro atoms. The number of aryl methyl sites for hydroxylation is 2. The highest BCUT2D eigenvalue weighted by atomic mass is 19.1. The molecule has 0 unspecified atom stereocenters. The fraction of sp³-hybridized carbons (Fsp3) is 0.250. The second-order valence-electron chi connectivity index (χ2n) is 5.14. The maximum Gasteiger partial charge on any atom is 0.126 e. The number of anilines is 1. The van der Waals surface area contributed by atoms with Crippen molar-refractivity contribution in [1.82, 2.24) is 4.98 Å². The van der Waals surface area contributed by atoms with Gasteiger partial charge in [0.05, 0.1) is 16.9 Å². The van der Waals surface area contributed by atoms with Gasteiger partial charge < -0.3 is 10.6 Å². The standard InChI is InChI=1S/C16H19FN4/c1-10-7-14(15(16(18)19)11(2)20-10)21(3)9-12-5-4-6-13(17)8-12/h4-8H,9H2,1-3H3,(H3,18,19). The molecule has 110 valence electrons. The highest BCUT2D eigenvalue weighted by Crippen LogP contribution is 2.24. The largest absolute Gasteiger partial charge is 0.384 e. The van der Waals surface area contributed by atoms with Crippen molar-refractivity contribution in [3.8, 4) is 0 Å². The lowest BCUT2D eigenvalue weighted by atomic mass is 10.1. The third kappa shape index (κ3) is 3.37. The van der Waals surface area contributed by atoms with E-state index in [-0.39, 0.29) is 11.7 Å². The van der Waals surface area contributed by atoms with Crippen molar-refractivity contribution in [2.75, 3.05) is 11.9 Å². The van der Waals surface area contributed by atoms with Gasteiger partial charge in [0, 0.05) is 19.3 Å². The van der Waals surface area contributed by atoms with Crippen LogP contribution in [0.3, 0.4) is 0 Å². The van der Waals surface area contributed by atoms with Crippen molar-refractivity contribution in [2.45, 2.75) is 20.4 Å². The van der Waals surface area contributed by atoms with Crippen LogP contribution in [0.5, 0.6) is 0 Å². The molecular formula is C16H19FN4. The maximum atomic E-state index is 13.3. The molecule has 0 aliphatic rings. The molecule has 0 saturated carbocycles. The van der Waals surface area contributed by atoms with Crippen molar-refractivity contribution < 1.29 is 4.39 Å². The van der Waals surface area contributed by atoms with Crippen molar-refractivity contribution in [3.05, 3.63) is 58.7 Å². The second-order valence-corrected chi connectivity index (χ2v) is 5.14. The smallest absolute Gasteiger partial charge is 0.126 e. The number of nitrogens with two attached hydrogens (primary N) is 1. The van der Waals surface area contributed by atoms with Crippen molar-refractivity contribution in [3.63, 3.8) is 0 Å². The quantitative estimate of drug-likeness (QED) is 0.671. The van der Waals surface area contributed by atoms with Gasteiger partial charge in [-0.3, -0.25) is 10.4 Å². The van der Waals surface area contributed by atoms with Crippen LogP contribution in [0.2, 0.25) is 0 Å². The molecule has 0 aliphatic heterocycles. The van der Waals surface area contributed by atoms with Crippen LogP contribution >= 0.6 is 0 Å². The number of benzene rings is 1. The third-order valence-electron chi connectivity index (χ3n) is 3.30. The summed E-state index contributed by atoms with van der Waals surface area (Å²) in [6, 6.07) is 8.38. The molecule has 0 radical (unpaired) electrons. The third-order valence-corrected chi connectivity index (χ3v) is 3.30. The predicted octanol–water partition coefficient (Wildman–Crippen LogP) is 2.76. The van der Waals surface area contributed by atoms with Gasteiger partial charge in [-0.25, -0.2) is 4.39 Å². The number of amidine groups is 1. The second kappa shape index (κ2) is 5.91. The Morgan fingerprint density at radius 2 is 2.05 bits per heavy atom. The normalized spacial score (nSPS) is 10.5. The molecule has 5 heteroatoms. The molecule has 3 N–H and O–H groups in total. The van der Waals surface area contributed by atoms with Crippen molar-refractivity contribution >= 4 is 11.5 Å². The van der Waals surface area contributed by atoms with Gasteiger partial charge in [0.25, 0.3) is 0 Å². The zero-order valence-electron chi connectivity index (χ0n) is 12.4. The molecule has 0 atom stereocenters. The molecule has 0 aliphatic carbocycles. The van der Waals surface area contributed by atoms with Crippen molar-refractivity contribution in [1.29, 1.82) is 5.41 Å². The lowest BCUT2D eigenvalue weighted by Crippen LogP contribution is -2.24. The van der Waals surface area contributed by atoms with E-state index in [0.717, 1.165) is 22.6 Å². The van der Waals surface area contributed by atoms with Crippen LogP contribution in [-0.2, 0) is 6.54 Å². The van der Waals surface area contributed by atoms with Crippen LogP contribution < -0.4 is 10.6 Å². The topological polar surface area (TPSA) is 66.0 Å². The Morgan fingerprint density at radius 3 is 2.67 bits per heavy atom. The lowest BCUT2D eigenvalue weighted by molar-refractivity contribution is 0.625. The zero-order chi connectivity index (χ0) is 15.6. The molecule has 4 nitrogen and oxygen atoms in total. The highest BCUT2D eigenvalue weighted by molar-refractivity contribution is 6.01. The molecule has 2 aromatic rings. The monoisotopic (exact) mass is 286 g/mol. The minimum Gasteiger partial charge on any atom is -0.384 e. The number of rotatable bonds is 4. The molecular weight excluding hydrogens is 267 g/mol. The molecule has 2 rings (SSSR count). The summed E-state index contributed by atoms with van der Waals surface area (Å²) in [6.07, 6.45) is 0. The first-order chi connectivity index (χ1) is 9.88. The van der Waals surface area contributed by atoms with Crippen molar-refractivity contribution in [2.24, 2.45) is 5.73 Å². The summed E-state index contributed by atoms with van der Waals surface area (Å²) in [6.45, 7) is 4.26. The fourth-order valence-electron chi connectivity index (χ4n) is 2.44. The summed E-state index contributed by atoms with van der Waals surface area (Å²) in [7, 11) is 1.89. The molecule has 0 amide bonds. The van der Waals surface area contributed by atoms with Gasteiger partial charge in [0.15, 0.2) is 0 Å². The van der Waals surface area contributed by atoms with E-state index in [0.29, 0.717) is 12.1 Å². The van der Waals surface area contributed by atoms with Crippen LogP contribution in [0.25, 0.3) is 0 Å². The van der Waals surface area contributed by atoms with Gasteiger partial charge >= 0.3 is 0 Å². The molecule has 0 fully saturated rings. The molecule has 0 bridgehead atoms. The minimum atomic E-state index is -0.255. The SMILES string of the molecule is Cc1cc(N(C)Cc2cccc(F)c2)c(C(=N)N)c(C)n1. The zero-order valence-corrected chi connectivity index (χ0v) is 12.4. The van der Waals surface area contributed by atoms with Crippen LogP contribution in [0, 0.1) is 25.1 Å². The van der Waals surface area contributed by atoms with E-state index < -0.39 is 0 Å². The van der Waals surface area contributed by atoms with Gasteiger partial charge in [0.1, 0.15) is 11.7 Å². The average Bonchev–Trinajstić information content (AvgIpc) is 2.37. The van der Waals surface area contributed by atoms with Crippen LogP contribution in [-0.4, -0.2) is 17.9 Å². The summed E-state index contributed by atoms with van der Waals surface area (Å²) in [5, 5.41) is 7.75. The summed E-state index contributed by atoms with van der Waals surface area (Å²) < 4.78 is 13.3. The van der Waals surface area contributed by atoms with E-state index in [1.54, 1.807) is 6.07 Å². The number of pyridine rings is 1. The Kier molecular flexibility index (Phi) is 4.21. The molecule has 0 saturated heterocycles. The number of hydrogen-bond donors (Lipinski definition) is 2. The number of nitrogen functional groups attached to an aromatic ring is 1. The Balaban J connectivity index is 2.39. The Bertz CT molecular complexity index is 682. The van der Waals surface area contributed by atoms with E-state index in [2.05, 4.69) is 4.98 Å². The predicted molar refractivity (Wildman–Crippen MR) is 83.2 cm³/mol. The summed E-state index contributed by atoms with van der Waals surface area (Å²) in [5.41, 5.74) is 9.58. The van der Waals surface area contributed by atoms with Crippen LogP contribution in [0.4, 0.5) is 10.1 Å². The van der Waals surface area contributed by atoms with E-state index >= 15 is 0 Å². The lowest BCUT2D eigenvalue weighted by Gasteiger charge is -2.23. The highest BCUT2D eigenvalue weighted by Gasteiger charge is 2.15. The Hall–Kier alpha value is -2.43. The molecule has 1 aromatic carbocycles. The van der Waals surface area contributed by atoms with Gasteiger partial charge in [-0.15, -0.1) is 0 Å². The van der Waals surface area contributed by atoms with Gasteiger partial charge in [0.2, 0.25) is 0 Å². The molecule has 1 heterocycles. The number of halogens is 1.